The van der Waals surface area contributed by atoms with Crippen LogP contribution < -0.4 is 4.90 Å². The highest BCUT2D eigenvalue weighted by Gasteiger charge is 2.40. The van der Waals surface area contributed by atoms with Crippen molar-refractivity contribution < 1.29 is 19.1 Å². The topological polar surface area (TPSA) is 89.3 Å². The Morgan fingerprint density at radius 2 is 2.10 bits per heavy atom. The number of urea groups is 1. The Balaban J connectivity index is 1.47. The number of amides is 2. The third kappa shape index (κ3) is 3.35. The van der Waals surface area contributed by atoms with Crippen LogP contribution in [0.2, 0.25) is 0 Å². The number of ether oxygens (including phenoxy) is 2. The fraction of sp³-hybridized carbons (Fsp3) is 0.429. The molecule has 0 radical (unpaired) electrons. The maximum atomic E-state index is 13.3. The number of aromatic nitrogens is 2. The first-order valence-corrected chi connectivity index (χ1v) is 10.3. The summed E-state index contributed by atoms with van der Waals surface area (Å²) >= 11 is 0. The minimum absolute atomic E-state index is 0.0581. The highest BCUT2D eigenvalue weighted by Crippen LogP contribution is 2.32. The predicted octanol–water partition coefficient (Wildman–Crippen LogP) is 1.99. The Morgan fingerprint density at radius 3 is 2.90 bits per heavy atom. The summed E-state index contributed by atoms with van der Waals surface area (Å²) in [6.07, 6.45) is 4.29. The van der Waals surface area contributed by atoms with Gasteiger partial charge in [-0.25, -0.2) is 9.48 Å². The molecule has 5 rings (SSSR count). The van der Waals surface area contributed by atoms with E-state index >= 15 is 0 Å². The van der Waals surface area contributed by atoms with Crippen LogP contribution in [0, 0.1) is 0 Å². The number of amidine groups is 1. The SMILES string of the molecule is O=C(CN1C(=O)N2CCCN=C2c2cnn(-c3ccccc3)c21)OCC1CCCO1. The van der Waals surface area contributed by atoms with Crippen LogP contribution in [0.5, 0.6) is 0 Å². The molecule has 30 heavy (non-hydrogen) atoms. The molecule has 3 aliphatic heterocycles. The second-order valence-corrected chi connectivity index (χ2v) is 7.53. The Bertz CT molecular complexity index is 981. The van der Waals surface area contributed by atoms with Crippen molar-refractivity contribution in [2.75, 3.05) is 37.7 Å². The number of para-hydroxylation sites is 1. The lowest BCUT2D eigenvalue weighted by Gasteiger charge is -2.37. The molecule has 1 fully saturated rings. The summed E-state index contributed by atoms with van der Waals surface area (Å²) in [5, 5.41) is 4.50. The fourth-order valence-electron chi connectivity index (χ4n) is 4.05. The van der Waals surface area contributed by atoms with Gasteiger partial charge in [0.05, 0.1) is 23.6 Å². The van der Waals surface area contributed by atoms with Crippen molar-refractivity contribution in [3.63, 3.8) is 0 Å². The van der Waals surface area contributed by atoms with Crippen LogP contribution in [0.4, 0.5) is 10.6 Å². The van der Waals surface area contributed by atoms with Gasteiger partial charge in [-0.1, -0.05) is 18.2 Å². The standard InChI is InChI=1S/C21H23N5O4/c27-18(30-14-16-8-4-11-29-16)13-25-20-17(19-22-9-5-10-24(19)21(25)28)12-23-26(20)15-6-2-1-3-7-15/h1-3,6-7,12,16H,4-5,8-11,13-14H2. The van der Waals surface area contributed by atoms with Crippen molar-refractivity contribution in [1.29, 1.82) is 0 Å². The summed E-state index contributed by atoms with van der Waals surface area (Å²) in [6, 6.07) is 9.24. The average molecular weight is 409 g/mol. The van der Waals surface area contributed by atoms with Crippen molar-refractivity contribution in [3.05, 3.63) is 42.1 Å². The van der Waals surface area contributed by atoms with Crippen LogP contribution in [0.1, 0.15) is 24.8 Å². The molecule has 1 aromatic heterocycles. The molecule has 9 heteroatoms. The van der Waals surface area contributed by atoms with Gasteiger partial charge in [0.2, 0.25) is 0 Å². The van der Waals surface area contributed by atoms with Crippen LogP contribution in [0.25, 0.3) is 5.69 Å². The summed E-state index contributed by atoms with van der Waals surface area (Å²) in [6.45, 7) is 1.94. The summed E-state index contributed by atoms with van der Waals surface area (Å²) in [7, 11) is 0. The van der Waals surface area contributed by atoms with Gasteiger partial charge < -0.3 is 9.47 Å². The number of hydrogen-bond acceptors (Lipinski definition) is 6. The van der Waals surface area contributed by atoms with Crippen molar-refractivity contribution in [2.45, 2.75) is 25.4 Å². The maximum absolute atomic E-state index is 13.3. The van der Waals surface area contributed by atoms with E-state index in [-0.39, 0.29) is 25.3 Å². The van der Waals surface area contributed by atoms with Crippen molar-refractivity contribution in [2.24, 2.45) is 4.99 Å². The monoisotopic (exact) mass is 409 g/mol. The largest absolute Gasteiger partial charge is 0.462 e. The van der Waals surface area contributed by atoms with Gasteiger partial charge in [0.15, 0.2) is 5.82 Å². The van der Waals surface area contributed by atoms with Crippen molar-refractivity contribution in [1.82, 2.24) is 14.7 Å². The number of aliphatic imine (C=N–C) groups is 1. The summed E-state index contributed by atoms with van der Waals surface area (Å²) in [4.78, 5) is 33.5. The molecule has 1 saturated heterocycles. The molecule has 2 amide bonds. The second-order valence-electron chi connectivity index (χ2n) is 7.53. The van der Waals surface area contributed by atoms with E-state index in [1.165, 1.54) is 4.90 Å². The van der Waals surface area contributed by atoms with E-state index in [1.54, 1.807) is 15.8 Å². The van der Waals surface area contributed by atoms with E-state index in [0.29, 0.717) is 31.3 Å². The van der Waals surface area contributed by atoms with Gasteiger partial charge in [0.1, 0.15) is 19.0 Å². The maximum Gasteiger partial charge on any atom is 0.331 e. The second kappa shape index (κ2) is 7.91. The molecule has 0 bridgehead atoms. The first-order valence-electron chi connectivity index (χ1n) is 10.3. The lowest BCUT2D eigenvalue weighted by atomic mass is 10.1. The lowest BCUT2D eigenvalue weighted by Crippen LogP contribution is -2.54. The van der Waals surface area contributed by atoms with Gasteiger partial charge >= 0.3 is 12.0 Å². The molecule has 156 valence electrons. The molecule has 0 aliphatic carbocycles. The summed E-state index contributed by atoms with van der Waals surface area (Å²) < 4.78 is 12.6. The van der Waals surface area contributed by atoms with Crippen LogP contribution in [0.15, 0.2) is 41.5 Å². The van der Waals surface area contributed by atoms with E-state index in [2.05, 4.69) is 10.1 Å². The molecule has 0 N–H and O–H groups in total. The van der Waals surface area contributed by atoms with E-state index in [0.717, 1.165) is 30.5 Å². The van der Waals surface area contributed by atoms with Crippen LogP contribution >= 0.6 is 0 Å². The molecule has 1 aromatic carbocycles. The highest BCUT2D eigenvalue weighted by atomic mass is 16.6. The lowest BCUT2D eigenvalue weighted by molar-refractivity contribution is -0.145. The number of carbonyl (C=O) groups is 2. The summed E-state index contributed by atoms with van der Waals surface area (Å²) in [5.41, 5.74) is 1.54. The molecule has 1 atom stereocenters. The highest BCUT2D eigenvalue weighted by molar-refractivity contribution is 6.19. The molecule has 0 spiro atoms. The van der Waals surface area contributed by atoms with Gasteiger partial charge in [0.25, 0.3) is 0 Å². The van der Waals surface area contributed by atoms with Gasteiger partial charge in [-0.2, -0.15) is 5.10 Å². The van der Waals surface area contributed by atoms with Gasteiger partial charge in [-0.15, -0.1) is 0 Å². The number of nitrogens with zero attached hydrogens (tertiary/aromatic N) is 5. The van der Waals surface area contributed by atoms with Crippen LogP contribution in [0.3, 0.4) is 0 Å². The number of rotatable bonds is 5. The van der Waals surface area contributed by atoms with Gasteiger partial charge in [0, 0.05) is 19.7 Å². The Hall–Kier alpha value is -3.20. The number of benzene rings is 1. The molecular formula is C21H23N5O4. The molecule has 3 aliphatic rings. The minimum Gasteiger partial charge on any atom is -0.462 e. The van der Waals surface area contributed by atoms with Gasteiger partial charge in [-0.3, -0.25) is 19.6 Å². The first kappa shape index (κ1) is 18.8. The zero-order valence-corrected chi connectivity index (χ0v) is 16.6. The third-order valence-electron chi connectivity index (χ3n) is 5.50. The molecule has 0 saturated carbocycles. The van der Waals surface area contributed by atoms with E-state index in [1.807, 2.05) is 30.3 Å². The van der Waals surface area contributed by atoms with Gasteiger partial charge in [-0.05, 0) is 31.4 Å². The zero-order chi connectivity index (χ0) is 20.5. The number of carbonyl (C=O) groups excluding carboxylic acids is 2. The van der Waals surface area contributed by atoms with E-state index in [9.17, 15) is 9.59 Å². The fourth-order valence-corrected chi connectivity index (χ4v) is 4.05. The average Bonchev–Trinajstić information content (AvgIpc) is 3.46. The zero-order valence-electron chi connectivity index (χ0n) is 16.6. The molecule has 4 heterocycles. The Morgan fingerprint density at radius 1 is 1.23 bits per heavy atom. The Kier molecular flexibility index (Phi) is 4.96. The third-order valence-corrected chi connectivity index (χ3v) is 5.50. The van der Waals surface area contributed by atoms with Crippen LogP contribution in [-0.2, 0) is 14.3 Å². The molecule has 1 unspecified atom stereocenters. The van der Waals surface area contributed by atoms with Crippen molar-refractivity contribution >= 4 is 23.7 Å². The number of hydrogen-bond donors (Lipinski definition) is 0. The predicted molar refractivity (Wildman–Crippen MR) is 109 cm³/mol. The van der Waals surface area contributed by atoms with Crippen molar-refractivity contribution in [3.8, 4) is 5.69 Å². The smallest absolute Gasteiger partial charge is 0.331 e. The Labute approximate surface area is 173 Å². The first-order chi connectivity index (χ1) is 14.7. The minimum atomic E-state index is -0.469. The van der Waals surface area contributed by atoms with E-state index in [4.69, 9.17) is 9.47 Å². The summed E-state index contributed by atoms with van der Waals surface area (Å²) in [5.74, 6) is 0.688. The normalized spacial score (nSPS) is 20.6. The number of fused-ring (bicyclic) bond motifs is 3. The quantitative estimate of drug-likeness (QED) is 0.705. The molecule has 9 nitrogen and oxygen atoms in total. The number of esters is 1. The molecular weight excluding hydrogens is 386 g/mol. The van der Waals surface area contributed by atoms with Crippen LogP contribution in [-0.4, -0.2) is 71.5 Å². The molecule has 2 aromatic rings. The number of anilines is 1. The van der Waals surface area contributed by atoms with E-state index < -0.39 is 5.97 Å².